The van der Waals surface area contributed by atoms with Gasteiger partial charge >= 0.3 is 59.7 Å². The van der Waals surface area contributed by atoms with Gasteiger partial charge in [0.25, 0.3) is 0 Å². The van der Waals surface area contributed by atoms with Gasteiger partial charge in [-0.1, -0.05) is 38.7 Å². The Morgan fingerprint density at radius 1 is 0.663 bits per heavy atom. The van der Waals surface area contributed by atoms with E-state index in [1.807, 2.05) is 6.92 Å². The van der Waals surface area contributed by atoms with Crippen LogP contribution in [0.2, 0.25) is 0 Å². The lowest BCUT2D eigenvalue weighted by atomic mass is 9.75. The molecule has 30 nitrogen and oxygen atoms in total. The van der Waals surface area contributed by atoms with E-state index in [2.05, 4.69) is 10.6 Å². The molecule has 89 heavy (non-hydrogen) atoms. The molecule has 30 heteroatoms. The zero-order valence-electron chi connectivity index (χ0n) is 50.9. The molecule has 0 aromatic carbocycles. The quantitative estimate of drug-likeness (QED) is 0.0138. The number of allylic oxidation sites excluding steroid dienone is 1. The number of Topliss-reactive ketones (excluding diaryl/α,β-unsaturated/α-hetero) is 3. The van der Waals surface area contributed by atoms with Crippen molar-refractivity contribution in [3.63, 3.8) is 0 Å². The molecule has 1 aliphatic heterocycles. The van der Waals surface area contributed by atoms with Crippen LogP contribution in [0.3, 0.4) is 0 Å². The summed E-state index contributed by atoms with van der Waals surface area (Å²) in [6.07, 6.45) is -10.4. The van der Waals surface area contributed by atoms with Crippen molar-refractivity contribution < 1.29 is 131 Å². The number of nitrogens with two attached hydrogens (primary N) is 1. The lowest BCUT2D eigenvalue weighted by Crippen LogP contribution is -2.64. The van der Waals surface area contributed by atoms with Crippen molar-refractivity contribution in [3.8, 4) is 0 Å². The largest absolute Gasteiger partial charge is 0.481 e. The molecule has 1 saturated carbocycles. The van der Waals surface area contributed by atoms with Crippen LogP contribution in [0, 0.1) is 17.8 Å². The monoisotopic (exact) mass is 1270 g/mol. The van der Waals surface area contributed by atoms with E-state index in [0.717, 1.165) is 33.1 Å². The summed E-state index contributed by atoms with van der Waals surface area (Å²) in [7, 11) is 0. The van der Waals surface area contributed by atoms with Gasteiger partial charge in [-0.15, -0.1) is 0 Å². The number of carbonyl (C=O) groups is 15. The van der Waals surface area contributed by atoms with Gasteiger partial charge in [-0.25, -0.2) is 19.2 Å². The molecule has 13 atom stereocenters. The molecule has 496 valence electrons. The van der Waals surface area contributed by atoms with Crippen LogP contribution in [-0.2, 0) is 95.6 Å². The van der Waals surface area contributed by atoms with Crippen molar-refractivity contribution in [1.82, 2.24) is 10.6 Å². The van der Waals surface area contributed by atoms with Gasteiger partial charge in [0, 0.05) is 76.7 Å². The predicted octanol–water partition coefficient (Wildman–Crippen LogP) is 1.86. The molecule has 0 unspecified atom stereocenters. The van der Waals surface area contributed by atoms with Crippen molar-refractivity contribution in [2.75, 3.05) is 0 Å². The summed E-state index contributed by atoms with van der Waals surface area (Å²) in [5, 5.41) is 76.2. The number of esters is 5. The van der Waals surface area contributed by atoms with Crippen LogP contribution in [-0.4, -0.2) is 184 Å². The van der Waals surface area contributed by atoms with E-state index in [-0.39, 0.29) is 29.6 Å². The minimum atomic E-state index is -2.93. The summed E-state index contributed by atoms with van der Waals surface area (Å²) in [6.45, 7) is 9.78. The fraction of sp³-hybridized carbons (Fsp3) is 0.678. The van der Waals surface area contributed by atoms with E-state index in [1.54, 1.807) is 6.92 Å². The van der Waals surface area contributed by atoms with Crippen molar-refractivity contribution in [3.05, 3.63) is 22.8 Å². The average Bonchev–Trinajstić information content (AvgIpc) is 1.53. The summed E-state index contributed by atoms with van der Waals surface area (Å²) < 4.78 is 29.4. The number of nitrogens with one attached hydrogen (secondary N) is 2. The number of fused-ring (bicyclic) bond motifs is 3. The molecule has 2 fully saturated rings. The first-order valence-electron chi connectivity index (χ1n) is 29.3. The molecule has 2 aliphatic carbocycles. The maximum atomic E-state index is 13.8. The summed E-state index contributed by atoms with van der Waals surface area (Å²) in [4.78, 5) is 190. The lowest BCUT2D eigenvalue weighted by Gasteiger charge is -2.41. The standard InChI is InChI=1S/C59H83N3O27/c1-8-10-11-12-13-14-43(70)86-48-46-45(30(4)47(48)87-55(81)29(3)9-2)49-59(84,58(7,83)56(82)88-49)40(28-57(46,6)89-31(5)63)85-44(71)24-19-36(66)27-37(60)50(72)62-39(54(79)80)21-18-35(65)25-32(51(73)74)15-22-41(67)61-38(53(77)78)20-17-34(64)26-33(52(75)76)16-23-42(68)69/h9,32-33,37-40,46-49,83-84H,8,10-28,60H2,1-7H3,(H,61,67)(H,62,72)(H,68,69)(H,73,74)(H,75,76)(H,77,78)(H,79,80)/b29-9-/t32-,33-,37+,38+,39+,40+,46-,47+,48+,49+,57+,58-,59-/m1/s1. The Kier molecular flexibility index (Phi) is 28.4. The highest BCUT2D eigenvalue weighted by Gasteiger charge is 2.76. The van der Waals surface area contributed by atoms with Crippen LogP contribution in [0.25, 0.3) is 0 Å². The van der Waals surface area contributed by atoms with Crippen LogP contribution in [0.1, 0.15) is 177 Å². The number of ketones is 3. The van der Waals surface area contributed by atoms with E-state index in [0.29, 0.717) is 12.8 Å². The Morgan fingerprint density at radius 3 is 1.71 bits per heavy atom. The van der Waals surface area contributed by atoms with E-state index in [9.17, 15) is 103 Å². The molecule has 11 N–H and O–H groups in total. The fourth-order valence-electron chi connectivity index (χ4n) is 11.0. The number of carboxylic acid groups (broad SMARTS) is 5. The third-order valence-corrected chi connectivity index (χ3v) is 16.2. The highest BCUT2D eigenvalue weighted by atomic mass is 16.6. The van der Waals surface area contributed by atoms with Gasteiger partial charge in [0.15, 0.2) is 29.5 Å². The number of ether oxygens (including phenoxy) is 5. The van der Waals surface area contributed by atoms with Gasteiger partial charge in [0.1, 0.15) is 41.1 Å². The third-order valence-electron chi connectivity index (χ3n) is 16.2. The Labute approximate surface area is 511 Å². The minimum absolute atomic E-state index is 0.0745. The molecule has 2 amide bonds. The van der Waals surface area contributed by atoms with Gasteiger partial charge in [-0.2, -0.15) is 0 Å². The number of unbranched alkanes of at least 4 members (excludes halogenated alkanes) is 4. The molecule has 0 spiro atoms. The second-order valence-corrected chi connectivity index (χ2v) is 23.1. The molecular formula is C59H83N3O27. The summed E-state index contributed by atoms with van der Waals surface area (Å²) in [5.74, 6) is -21.6. The first-order valence-corrected chi connectivity index (χ1v) is 29.3. The molecule has 1 heterocycles. The van der Waals surface area contributed by atoms with Crippen molar-refractivity contribution in [1.29, 1.82) is 0 Å². The SMILES string of the molecule is C/C=C(/C)C(=O)O[C@H]1C(C)=C2[C@H]([C@@H]1OC(=O)CCCCCCC)[C@@](C)(OC(C)=O)C[C@H](OC(=O)CCC(=O)C[C@H](N)C(=O)N[C@@H](CCC(=O)C[C@@H](CCC(=O)N[C@@H](CCC(=O)C[C@@H](CCC(=O)O)C(=O)O)C(=O)O)C(=O)O)C(=O)O)[C@@]1(O)[C@H]2OC(=O)[C@@]1(C)O. The maximum absolute atomic E-state index is 13.8. The maximum Gasteiger partial charge on any atom is 0.341 e. The molecule has 0 aromatic heterocycles. The Hall–Kier alpha value is -7.99. The number of rotatable bonds is 39. The number of aliphatic hydroxyl groups is 2. The number of aliphatic carboxylic acids is 5. The van der Waals surface area contributed by atoms with E-state index < -0.39 is 249 Å². The minimum Gasteiger partial charge on any atom is -0.481 e. The lowest BCUT2D eigenvalue weighted by molar-refractivity contribution is -0.212. The second kappa shape index (κ2) is 33.6. The normalized spacial score (nSPS) is 24.5. The fourth-order valence-corrected chi connectivity index (χ4v) is 11.0. The average molecular weight is 1270 g/mol. The Bertz CT molecular complexity index is 2790. The molecule has 1 saturated heterocycles. The molecule has 3 aliphatic rings. The number of carboxylic acids is 5. The summed E-state index contributed by atoms with van der Waals surface area (Å²) in [6, 6.07) is -5.25. The van der Waals surface area contributed by atoms with E-state index in [1.165, 1.54) is 26.8 Å². The highest BCUT2D eigenvalue weighted by molar-refractivity contribution is 5.93. The predicted molar refractivity (Wildman–Crippen MR) is 301 cm³/mol. The second-order valence-electron chi connectivity index (χ2n) is 23.1. The van der Waals surface area contributed by atoms with Crippen molar-refractivity contribution in [2.24, 2.45) is 23.5 Å². The smallest absolute Gasteiger partial charge is 0.341 e. The number of hydrogen-bond acceptors (Lipinski definition) is 23. The topological polar surface area (TPSA) is 494 Å². The van der Waals surface area contributed by atoms with Crippen molar-refractivity contribution >= 4 is 88.9 Å². The first kappa shape index (κ1) is 75.3. The van der Waals surface area contributed by atoms with Gasteiger partial charge in [-0.3, -0.25) is 52.7 Å². The summed E-state index contributed by atoms with van der Waals surface area (Å²) >= 11 is 0. The van der Waals surface area contributed by atoms with Gasteiger partial charge < -0.3 is 75.8 Å². The van der Waals surface area contributed by atoms with Crippen LogP contribution in [0.15, 0.2) is 22.8 Å². The van der Waals surface area contributed by atoms with E-state index in [4.69, 9.17) is 34.5 Å². The van der Waals surface area contributed by atoms with Gasteiger partial charge in [-0.05, 0) is 77.9 Å². The molecule has 3 rings (SSSR count). The number of amides is 2. The van der Waals surface area contributed by atoms with E-state index >= 15 is 0 Å². The number of carbonyl (C=O) groups excluding carboxylic acids is 10. The molecular weight excluding hydrogens is 1180 g/mol. The van der Waals surface area contributed by atoms with Crippen LogP contribution in [0.4, 0.5) is 0 Å². The molecule has 0 bridgehead atoms. The van der Waals surface area contributed by atoms with Crippen LogP contribution < -0.4 is 16.4 Å². The van der Waals surface area contributed by atoms with Gasteiger partial charge in [0.2, 0.25) is 11.8 Å². The highest BCUT2D eigenvalue weighted by Crippen LogP contribution is 2.57. The molecule has 0 radical (unpaired) electrons. The molecule has 0 aromatic rings. The third kappa shape index (κ3) is 20.8. The zero-order valence-corrected chi connectivity index (χ0v) is 50.9. The Morgan fingerprint density at radius 2 is 1.19 bits per heavy atom. The van der Waals surface area contributed by atoms with Crippen LogP contribution in [0.5, 0.6) is 0 Å². The zero-order chi connectivity index (χ0) is 67.5. The summed E-state index contributed by atoms with van der Waals surface area (Å²) in [5.41, 5.74) is -1.69. The van der Waals surface area contributed by atoms with Crippen LogP contribution >= 0.6 is 0 Å². The number of hydrogen-bond donors (Lipinski definition) is 10. The van der Waals surface area contributed by atoms with Gasteiger partial charge in [0.05, 0.1) is 30.2 Å². The first-order chi connectivity index (χ1) is 41.4. The Balaban J connectivity index is 1.70. The van der Waals surface area contributed by atoms with Crippen molar-refractivity contribution in [2.45, 2.75) is 236 Å².